The summed E-state index contributed by atoms with van der Waals surface area (Å²) >= 11 is 0. The molecule has 2 aromatic rings. The van der Waals surface area contributed by atoms with Crippen LogP contribution in [-0.4, -0.2) is 18.1 Å². The molecule has 1 aliphatic carbocycles. The molecular weight excluding hydrogens is 288 g/mol. The fourth-order valence-electron chi connectivity index (χ4n) is 3.88. The highest BCUT2D eigenvalue weighted by atomic mass is 32.2. The van der Waals surface area contributed by atoms with Gasteiger partial charge in [0.15, 0.2) is 4.90 Å². The molecule has 2 aliphatic rings. The Kier molecular flexibility index (Phi) is 4.29. The minimum Gasteiger partial charge on any atom is -0.493 e. The molecule has 1 saturated heterocycles. The SMILES string of the molecule is c1ccc2c([S+]3CCCC3)ccc(OCC3CCCC3)c2c1. The Morgan fingerprint density at radius 3 is 2.36 bits per heavy atom. The molecule has 1 aliphatic heterocycles. The third-order valence-electron chi connectivity index (χ3n) is 5.14. The molecule has 2 aromatic carbocycles. The lowest BCUT2D eigenvalue weighted by Gasteiger charge is -2.14. The van der Waals surface area contributed by atoms with Crippen LogP contribution >= 0.6 is 0 Å². The van der Waals surface area contributed by atoms with Crippen molar-refractivity contribution in [3.8, 4) is 5.75 Å². The van der Waals surface area contributed by atoms with Crippen molar-refractivity contribution in [2.24, 2.45) is 5.92 Å². The first kappa shape index (κ1) is 14.4. The summed E-state index contributed by atoms with van der Waals surface area (Å²) in [5.41, 5.74) is 0. The van der Waals surface area contributed by atoms with Gasteiger partial charge >= 0.3 is 0 Å². The molecule has 116 valence electrons. The molecule has 0 atom stereocenters. The topological polar surface area (TPSA) is 9.23 Å². The van der Waals surface area contributed by atoms with Gasteiger partial charge in [-0.1, -0.05) is 31.0 Å². The maximum Gasteiger partial charge on any atom is 0.162 e. The average molecular weight is 313 g/mol. The molecule has 0 N–H and O–H groups in total. The van der Waals surface area contributed by atoms with E-state index in [2.05, 4.69) is 36.4 Å². The zero-order chi connectivity index (χ0) is 14.8. The molecule has 0 aromatic heterocycles. The number of hydrogen-bond donors (Lipinski definition) is 0. The lowest BCUT2D eigenvalue weighted by Crippen LogP contribution is -2.09. The quantitative estimate of drug-likeness (QED) is 0.707. The minimum atomic E-state index is 0.465. The number of benzene rings is 2. The summed E-state index contributed by atoms with van der Waals surface area (Å²) in [5, 5.41) is 2.74. The van der Waals surface area contributed by atoms with Crippen LogP contribution < -0.4 is 4.74 Å². The van der Waals surface area contributed by atoms with Gasteiger partial charge in [-0.15, -0.1) is 0 Å². The highest BCUT2D eigenvalue weighted by molar-refractivity contribution is 7.97. The Morgan fingerprint density at radius 2 is 1.59 bits per heavy atom. The van der Waals surface area contributed by atoms with E-state index in [1.807, 2.05) is 0 Å². The van der Waals surface area contributed by atoms with Crippen molar-refractivity contribution < 1.29 is 4.74 Å². The number of rotatable bonds is 4. The van der Waals surface area contributed by atoms with Crippen LogP contribution in [0.3, 0.4) is 0 Å². The Bertz CT molecular complexity index is 639. The fourth-order valence-corrected chi connectivity index (χ4v) is 6.38. The summed E-state index contributed by atoms with van der Waals surface area (Å²) in [6.07, 6.45) is 8.26. The third kappa shape index (κ3) is 2.86. The van der Waals surface area contributed by atoms with E-state index in [4.69, 9.17) is 4.74 Å². The van der Waals surface area contributed by atoms with Crippen molar-refractivity contribution in [1.29, 1.82) is 0 Å². The second-order valence-corrected chi connectivity index (χ2v) is 8.92. The molecule has 0 unspecified atom stereocenters. The van der Waals surface area contributed by atoms with E-state index in [0.717, 1.165) is 18.3 Å². The average Bonchev–Trinajstić information content (AvgIpc) is 3.26. The van der Waals surface area contributed by atoms with E-state index in [1.165, 1.54) is 60.8 Å². The van der Waals surface area contributed by atoms with Crippen molar-refractivity contribution in [2.75, 3.05) is 18.1 Å². The van der Waals surface area contributed by atoms with Crippen LogP contribution in [0.25, 0.3) is 10.8 Å². The van der Waals surface area contributed by atoms with E-state index >= 15 is 0 Å². The van der Waals surface area contributed by atoms with Crippen LogP contribution in [0.1, 0.15) is 38.5 Å². The molecule has 0 spiro atoms. The van der Waals surface area contributed by atoms with E-state index in [-0.39, 0.29) is 0 Å². The maximum atomic E-state index is 6.22. The predicted molar refractivity (Wildman–Crippen MR) is 96.0 cm³/mol. The monoisotopic (exact) mass is 313 g/mol. The van der Waals surface area contributed by atoms with Gasteiger partial charge in [0.25, 0.3) is 0 Å². The molecule has 2 heteroatoms. The third-order valence-corrected chi connectivity index (χ3v) is 7.68. The summed E-state index contributed by atoms with van der Waals surface area (Å²) < 4.78 is 6.22. The predicted octanol–water partition coefficient (Wildman–Crippen LogP) is 5.18. The van der Waals surface area contributed by atoms with Gasteiger partial charge < -0.3 is 4.74 Å². The smallest absolute Gasteiger partial charge is 0.162 e. The van der Waals surface area contributed by atoms with Crippen molar-refractivity contribution in [3.05, 3.63) is 36.4 Å². The summed E-state index contributed by atoms with van der Waals surface area (Å²) in [6.45, 7) is 0.898. The molecule has 4 rings (SSSR count). The van der Waals surface area contributed by atoms with E-state index in [9.17, 15) is 0 Å². The highest BCUT2D eigenvalue weighted by Crippen LogP contribution is 2.35. The van der Waals surface area contributed by atoms with Crippen LogP contribution in [0.5, 0.6) is 5.75 Å². The van der Waals surface area contributed by atoms with Gasteiger partial charge in [-0.2, -0.15) is 0 Å². The molecule has 1 nitrogen and oxygen atoms in total. The highest BCUT2D eigenvalue weighted by Gasteiger charge is 2.29. The van der Waals surface area contributed by atoms with Crippen LogP contribution in [-0.2, 0) is 10.9 Å². The second-order valence-electron chi connectivity index (χ2n) is 6.68. The molecular formula is C20H25OS+. The first-order valence-electron chi connectivity index (χ1n) is 8.74. The van der Waals surface area contributed by atoms with E-state index in [1.54, 1.807) is 4.90 Å². The zero-order valence-electron chi connectivity index (χ0n) is 13.2. The first-order chi connectivity index (χ1) is 10.9. The summed E-state index contributed by atoms with van der Waals surface area (Å²) in [7, 11) is 0.465. The summed E-state index contributed by atoms with van der Waals surface area (Å²) in [5.74, 6) is 4.63. The van der Waals surface area contributed by atoms with Crippen LogP contribution in [0, 0.1) is 5.92 Å². The van der Waals surface area contributed by atoms with Crippen molar-refractivity contribution >= 4 is 21.7 Å². The molecule has 0 bridgehead atoms. The molecule has 1 saturated carbocycles. The van der Waals surface area contributed by atoms with Crippen molar-refractivity contribution in [2.45, 2.75) is 43.4 Å². The van der Waals surface area contributed by atoms with Crippen LogP contribution in [0.2, 0.25) is 0 Å². The van der Waals surface area contributed by atoms with Crippen LogP contribution in [0.15, 0.2) is 41.3 Å². The number of hydrogen-bond acceptors (Lipinski definition) is 1. The Labute approximate surface area is 136 Å². The maximum absolute atomic E-state index is 6.22. The van der Waals surface area contributed by atoms with Gasteiger partial charge in [0.1, 0.15) is 17.3 Å². The number of fused-ring (bicyclic) bond motifs is 1. The van der Waals surface area contributed by atoms with Gasteiger partial charge in [-0.3, -0.25) is 0 Å². The first-order valence-corrected chi connectivity index (χ1v) is 10.3. The molecule has 2 fully saturated rings. The molecule has 0 amide bonds. The Hall–Kier alpha value is -1.15. The minimum absolute atomic E-state index is 0.465. The lowest BCUT2D eigenvalue weighted by atomic mass is 10.1. The van der Waals surface area contributed by atoms with Gasteiger partial charge in [-0.05, 0) is 49.8 Å². The fraction of sp³-hybridized carbons (Fsp3) is 0.500. The standard InChI is InChI=1S/C20H25OS/c1-2-8-16(7-1)15-21-19-11-12-20(22-13-5-6-14-22)18-10-4-3-9-17(18)19/h3-4,9-12,16H,1-2,5-8,13-15H2/q+1. The summed E-state index contributed by atoms with van der Waals surface area (Å²) in [4.78, 5) is 1.57. The largest absolute Gasteiger partial charge is 0.493 e. The molecule has 22 heavy (non-hydrogen) atoms. The summed E-state index contributed by atoms with van der Waals surface area (Å²) in [6, 6.07) is 13.4. The molecule has 1 heterocycles. The van der Waals surface area contributed by atoms with E-state index < -0.39 is 0 Å². The zero-order valence-corrected chi connectivity index (χ0v) is 14.0. The lowest BCUT2D eigenvalue weighted by molar-refractivity contribution is 0.255. The normalized spacial score (nSPS) is 20.0. The van der Waals surface area contributed by atoms with Crippen molar-refractivity contribution in [3.63, 3.8) is 0 Å². The number of ether oxygens (including phenoxy) is 1. The van der Waals surface area contributed by atoms with Crippen LogP contribution in [0.4, 0.5) is 0 Å². The van der Waals surface area contributed by atoms with Gasteiger partial charge in [-0.25, -0.2) is 0 Å². The van der Waals surface area contributed by atoms with Gasteiger partial charge in [0, 0.05) is 21.7 Å². The van der Waals surface area contributed by atoms with E-state index in [0.29, 0.717) is 10.9 Å². The molecule has 0 radical (unpaired) electrons. The Balaban J connectivity index is 1.63. The van der Waals surface area contributed by atoms with Crippen molar-refractivity contribution in [1.82, 2.24) is 0 Å². The van der Waals surface area contributed by atoms with Gasteiger partial charge in [0.05, 0.1) is 6.61 Å². The van der Waals surface area contributed by atoms with Gasteiger partial charge in [0.2, 0.25) is 0 Å². The second kappa shape index (κ2) is 6.54. The Morgan fingerprint density at radius 1 is 0.864 bits per heavy atom.